The molecule has 1 N–H and O–H groups in total. The van der Waals surface area contributed by atoms with E-state index in [2.05, 4.69) is 5.32 Å². The van der Waals surface area contributed by atoms with E-state index < -0.39 is 0 Å². The average Bonchev–Trinajstić information content (AvgIpc) is 2.85. The van der Waals surface area contributed by atoms with E-state index in [1.165, 1.54) is 0 Å². The van der Waals surface area contributed by atoms with Gasteiger partial charge in [0.15, 0.2) is 0 Å². The fourth-order valence-corrected chi connectivity index (χ4v) is 2.73. The zero-order valence-corrected chi connectivity index (χ0v) is 14.4. The summed E-state index contributed by atoms with van der Waals surface area (Å²) in [5.74, 6) is 0.684. The molecule has 0 aliphatic rings. The highest BCUT2D eigenvalue weighted by molar-refractivity contribution is 5.78. The minimum absolute atomic E-state index is 0.0609. The van der Waals surface area contributed by atoms with Crippen molar-refractivity contribution in [3.05, 3.63) is 64.6 Å². The van der Waals surface area contributed by atoms with Crippen LogP contribution in [0.4, 0.5) is 0 Å². The van der Waals surface area contributed by atoms with Crippen molar-refractivity contribution in [3.8, 4) is 5.75 Å². The van der Waals surface area contributed by atoms with Crippen LogP contribution in [0.2, 0.25) is 0 Å². The van der Waals surface area contributed by atoms with E-state index in [9.17, 15) is 9.59 Å². The Balaban J connectivity index is 1.54. The number of para-hydroxylation sites is 1. The number of aryl methyl sites for hydroxylation is 2. The number of imidazole rings is 1. The van der Waals surface area contributed by atoms with Gasteiger partial charge in [-0.1, -0.05) is 24.3 Å². The molecular formula is C19H21N3O3. The van der Waals surface area contributed by atoms with Crippen molar-refractivity contribution in [2.75, 3.05) is 6.61 Å². The summed E-state index contributed by atoms with van der Waals surface area (Å²) in [6.07, 6.45) is 0.293. The second-order valence-electron chi connectivity index (χ2n) is 5.91. The summed E-state index contributed by atoms with van der Waals surface area (Å²) in [4.78, 5) is 23.9. The summed E-state index contributed by atoms with van der Waals surface area (Å²) < 4.78 is 8.73. The molecule has 0 saturated carbocycles. The molecule has 0 radical (unpaired) electrons. The zero-order chi connectivity index (χ0) is 17.8. The number of nitrogens with one attached hydrogen (secondary N) is 1. The van der Waals surface area contributed by atoms with Crippen LogP contribution in [-0.2, 0) is 25.4 Å². The number of carbonyl (C=O) groups excluding carboxylic acids is 1. The molecule has 1 amide bonds. The lowest BCUT2D eigenvalue weighted by Crippen LogP contribution is -2.24. The molecular weight excluding hydrogens is 318 g/mol. The highest BCUT2D eigenvalue weighted by atomic mass is 16.5. The molecule has 3 aromatic rings. The summed E-state index contributed by atoms with van der Waals surface area (Å²) in [7, 11) is 3.49. The van der Waals surface area contributed by atoms with E-state index in [0.29, 0.717) is 19.6 Å². The summed E-state index contributed by atoms with van der Waals surface area (Å²) in [5.41, 5.74) is 2.62. The fourth-order valence-electron chi connectivity index (χ4n) is 2.73. The first-order chi connectivity index (χ1) is 12.1. The molecule has 1 heterocycles. The molecule has 0 unspecified atom stereocenters. The number of hydrogen-bond acceptors (Lipinski definition) is 3. The van der Waals surface area contributed by atoms with Crippen LogP contribution in [0.25, 0.3) is 11.0 Å². The maximum absolute atomic E-state index is 11.9. The van der Waals surface area contributed by atoms with Crippen molar-refractivity contribution in [1.29, 1.82) is 0 Å². The van der Waals surface area contributed by atoms with Gasteiger partial charge >= 0.3 is 5.69 Å². The van der Waals surface area contributed by atoms with Crippen LogP contribution in [0.3, 0.4) is 0 Å². The molecule has 6 heteroatoms. The number of benzene rings is 2. The number of ether oxygens (including phenoxy) is 1. The number of rotatable bonds is 6. The lowest BCUT2D eigenvalue weighted by Gasteiger charge is -2.08. The van der Waals surface area contributed by atoms with Gasteiger partial charge in [-0.05, 0) is 29.8 Å². The minimum atomic E-state index is -0.0713. The Labute approximate surface area is 145 Å². The smallest absolute Gasteiger partial charge is 0.328 e. The van der Waals surface area contributed by atoms with Crippen LogP contribution in [0.1, 0.15) is 12.0 Å². The molecule has 0 saturated heterocycles. The molecule has 0 aliphatic carbocycles. The highest BCUT2D eigenvalue weighted by Gasteiger charge is 2.09. The molecule has 6 nitrogen and oxygen atoms in total. The van der Waals surface area contributed by atoms with Gasteiger partial charge in [0.1, 0.15) is 5.75 Å². The first-order valence-electron chi connectivity index (χ1n) is 8.15. The predicted octanol–water partition coefficient (Wildman–Crippen LogP) is 1.96. The van der Waals surface area contributed by atoms with Crippen LogP contribution < -0.4 is 15.7 Å². The van der Waals surface area contributed by atoms with Crippen LogP contribution in [-0.4, -0.2) is 21.6 Å². The summed E-state index contributed by atoms with van der Waals surface area (Å²) in [6, 6.07) is 15.2. The first kappa shape index (κ1) is 16.8. The maximum Gasteiger partial charge on any atom is 0.328 e. The van der Waals surface area contributed by atoms with E-state index >= 15 is 0 Å². The molecule has 0 spiro atoms. The zero-order valence-electron chi connectivity index (χ0n) is 14.4. The normalized spacial score (nSPS) is 10.8. The Morgan fingerprint density at radius 2 is 1.76 bits per heavy atom. The van der Waals surface area contributed by atoms with Crippen molar-refractivity contribution in [1.82, 2.24) is 14.5 Å². The van der Waals surface area contributed by atoms with Gasteiger partial charge in [0, 0.05) is 20.6 Å². The van der Waals surface area contributed by atoms with Crippen molar-refractivity contribution in [2.45, 2.75) is 13.0 Å². The summed E-state index contributed by atoms with van der Waals surface area (Å²) in [6.45, 7) is 0.755. The van der Waals surface area contributed by atoms with Crippen molar-refractivity contribution in [3.63, 3.8) is 0 Å². The second-order valence-corrected chi connectivity index (χ2v) is 5.91. The number of fused-ring (bicyclic) bond motifs is 1. The molecule has 0 aliphatic heterocycles. The Morgan fingerprint density at radius 3 is 2.52 bits per heavy atom. The summed E-state index contributed by atoms with van der Waals surface area (Å²) in [5, 5.41) is 2.88. The van der Waals surface area contributed by atoms with Gasteiger partial charge in [-0.15, -0.1) is 0 Å². The van der Waals surface area contributed by atoms with Gasteiger partial charge in [-0.2, -0.15) is 0 Å². The molecule has 25 heavy (non-hydrogen) atoms. The van der Waals surface area contributed by atoms with E-state index in [-0.39, 0.29) is 11.6 Å². The van der Waals surface area contributed by atoms with Crippen LogP contribution in [0.15, 0.2) is 53.3 Å². The van der Waals surface area contributed by atoms with Crippen molar-refractivity contribution < 1.29 is 9.53 Å². The van der Waals surface area contributed by atoms with Gasteiger partial charge < -0.3 is 10.1 Å². The van der Waals surface area contributed by atoms with Gasteiger partial charge in [0.05, 0.1) is 24.1 Å². The quantitative estimate of drug-likeness (QED) is 0.747. The second kappa shape index (κ2) is 7.25. The molecule has 130 valence electrons. The monoisotopic (exact) mass is 339 g/mol. The van der Waals surface area contributed by atoms with Gasteiger partial charge in [-0.25, -0.2) is 4.79 Å². The molecule has 3 rings (SSSR count). The SMILES string of the molecule is Cn1c(=O)n(C)c2cc(CNC(=O)CCOc3ccccc3)ccc21. The van der Waals surface area contributed by atoms with E-state index in [1.807, 2.05) is 48.5 Å². The number of amides is 1. The third-order valence-electron chi connectivity index (χ3n) is 4.17. The Kier molecular flexibility index (Phi) is 4.88. The van der Waals surface area contributed by atoms with E-state index in [0.717, 1.165) is 22.3 Å². The lowest BCUT2D eigenvalue weighted by molar-refractivity contribution is -0.121. The van der Waals surface area contributed by atoms with Crippen molar-refractivity contribution >= 4 is 16.9 Å². The third kappa shape index (κ3) is 3.74. The molecule has 0 atom stereocenters. The molecule has 2 aromatic carbocycles. The van der Waals surface area contributed by atoms with E-state index in [4.69, 9.17) is 4.74 Å². The molecule has 0 bridgehead atoms. The fraction of sp³-hybridized carbons (Fsp3) is 0.263. The Hall–Kier alpha value is -3.02. The Morgan fingerprint density at radius 1 is 1.04 bits per heavy atom. The third-order valence-corrected chi connectivity index (χ3v) is 4.17. The van der Waals surface area contributed by atoms with Gasteiger partial charge in [0.25, 0.3) is 0 Å². The van der Waals surface area contributed by atoms with E-state index in [1.54, 1.807) is 23.2 Å². The van der Waals surface area contributed by atoms with Gasteiger partial charge in [0.2, 0.25) is 5.91 Å². The Bertz CT molecular complexity index is 942. The topological polar surface area (TPSA) is 65.3 Å². The number of hydrogen-bond donors (Lipinski definition) is 1. The predicted molar refractivity (Wildman–Crippen MR) is 96.6 cm³/mol. The van der Waals surface area contributed by atoms with Crippen LogP contribution in [0, 0.1) is 0 Å². The number of nitrogens with zero attached hydrogens (tertiary/aromatic N) is 2. The largest absolute Gasteiger partial charge is 0.493 e. The first-order valence-corrected chi connectivity index (χ1v) is 8.15. The highest BCUT2D eigenvalue weighted by Crippen LogP contribution is 2.14. The van der Waals surface area contributed by atoms with Crippen LogP contribution in [0.5, 0.6) is 5.75 Å². The average molecular weight is 339 g/mol. The minimum Gasteiger partial charge on any atom is -0.493 e. The van der Waals surface area contributed by atoms with Crippen molar-refractivity contribution in [2.24, 2.45) is 14.1 Å². The number of carbonyl (C=O) groups is 1. The molecule has 1 aromatic heterocycles. The van der Waals surface area contributed by atoms with Crippen LogP contribution >= 0.6 is 0 Å². The summed E-state index contributed by atoms with van der Waals surface area (Å²) >= 11 is 0. The lowest BCUT2D eigenvalue weighted by atomic mass is 10.2. The number of aromatic nitrogens is 2. The molecule has 0 fully saturated rings. The maximum atomic E-state index is 11.9. The standard InChI is InChI=1S/C19H21N3O3/c1-21-16-9-8-14(12-17(16)22(2)19(21)24)13-20-18(23)10-11-25-15-6-4-3-5-7-15/h3-9,12H,10-11,13H2,1-2H3,(H,20,23). The van der Waals surface area contributed by atoms with Gasteiger partial charge in [-0.3, -0.25) is 13.9 Å².